The third-order valence-corrected chi connectivity index (χ3v) is 7.77. The number of amides is 8. The average molecular weight is 814 g/mol. The molecule has 1 rings (SSSR count). The Bertz CT molecular complexity index is 1640. The molecule has 1 aromatic carbocycles. The van der Waals surface area contributed by atoms with Crippen LogP contribution in [0.3, 0.4) is 0 Å². The molecular weight excluding hydrogens is 766 g/mol. The molecular formula is C32H47N9O16. The number of benzene rings is 1. The lowest BCUT2D eigenvalue weighted by molar-refractivity contribution is -0.145. The molecule has 8 atom stereocenters. The summed E-state index contributed by atoms with van der Waals surface area (Å²) in [5.74, 6) is -12.7. The van der Waals surface area contributed by atoms with Gasteiger partial charge < -0.3 is 79.7 Å². The standard InChI is InChI=1S/C32H47N9O16/c1-13(44)25(32(56)57)41-31(55)21(12-43)39-27(51)17(6-7-22(34)46)36-30(54)20(11-42)40-29(53)19(10-23(35)47)38-28(52)18(8-14-2-4-15(45)5-3-14)37-26(50)16(33)9-24(48)49/h2-5,13,16-21,25,42-45H,6-12,33H2,1H3,(H2,34,46)(H2,35,47)(H,36,54)(H,37,50)(H,38,52)(H,39,51)(H,40,53)(H,41,55)(H,48,49)(H,56,57)/t13-,16+,17+,18-,19-,20+,21-,25+/m1/s1. The van der Waals surface area contributed by atoms with Gasteiger partial charge in [0.25, 0.3) is 0 Å². The molecule has 57 heavy (non-hydrogen) atoms. The topological polar surface area (TPSA) is 442 Å². The molecule has 0 aliphatic heterocycles. The van der Waals surface area contributed by atoms with Gasteiger partial charge in [-0.25, -0.2) is 4.79 Å². The molecule has 0 unspecified atom stereocenters. The van der Waals surface area contributed by atoms with E-state index in [0.29, 0.717) is 5.56 Å². The first-order valence-corrected chi connectivity index (χ1v) is 16.9. The van der Waals surface area contributed by atoms with Crippen molar-refractivity contribution in [3.05, 3.63) is 29.8 Å². The first kappa shape index (κ1) is 48.6. The zero-order chi connectivity index (χ0) is 43.6. The number of aliphatic carboxylic acids is 2. The third kappa shape index (κ3) is 17.3. The predicted molar refractivity (Wildman–Crippen MR) is 189 cm³/mol. The summed E-state index contributed by atoms with van der Waals surface area (Å²) in [7, 11) is 0. The van der Waals surface area contributed by atoms with Gasteiger partial charge in [-0.05, 0) is 31.0 Å². The second-order valence-corrected chi connectivity index (χ2v) is 12.5. The number of hydrogen-bond donors (Lipinski definition) is 15. The molecule has 0 aliphatic rings. The van der Waals surface area contributed by atoms with Gasteiger partial charge in [0.1, 0.15) is 36.0 Å². The van der Waals surface area contributed by atoms with E-state index in [1.54, 1.807) is 0 Å². The van der Waals surface area contributed by atoms with Crippen molar-refractivity contribution in [2.75, 3.05) is 13.2 Å². The first-order valence-electron chi connectivity index (χ1n) is 16.9. The Hall–Kier alpha value is -6.44. The van der Waals surface area contributed by atoms with Crippen molar-refractivity contribution in [3.63, 3.8) is 0 Å². The summed E-state index contributed by atoms with van der Waals surface area (Å²) in [6.45, 7) is -1.25. The number of aliphatic hydroxyl groups is 3. The Balaban J connectivity index is 3.27. The number of carboxylic acid groups (broad SMARTS) is 2. The van der Waals surface area contributed by atoms with E-state index < -0.39 is 146 Å². The monoisotopic (exact) mass is 813 g/mol. The van der Waals surface area contributed by atoms with Crippen molar-refractivity contribution in [1.29, 1.82) is 0 Å². The van der Waals surface area contributed by atoms with Gasteiger partial charge in [-0.15, -0.1) is 0 Å². The molecule has 316 valence electrons. The van der Waals surface area contributed by atoms with Gasteiger partial charge in [0.05, 0.1) is 38.2 Å². The number of aliphatic hydroxyl groups excluding tert-OH is 3. The summed E-state index contributed by atoms with van der Waals surface area (Å²) in [5, 5.41) is 69.6. The molecule has 0 spiro atoms. The van der Waals surface area contributed by atoms with Crippen molar-refractivity contribution >= 4 is 59.2 Å². The Labute approximate surface area is 323 Å². The zero-order valence-corrected chi connectivity index (χ0v) is 30.4. The minimum Gasteiger partial charge on any atom is -0.508 e. The molecule has 0 radical (unpaired) electrons. The van der Waals surface area contributed by atoms with Crippen molar-refractivity contribution in [2.24, 2.45) is 17.2 Å². The van der Waals surface area contributed by atoms with E-state index in [1.165, 1.54) is 24.3 Å². The van der Waals surface area contributed by atoms with Gasteiger partial charge in [0.15, 0.2) is 6.04 Å². The Morgan fingerprint density at radius 2 is 1.05 bits per heavy atom. The van der Waals surface area contributed by atoms with E-state index >= 15 is 0 Å². The zero-order valence-electron chi connectivity index (χ0n) is 30.4. The van der Waals surface area contributed by atoms with Crippen LogP contribution in [0.5, 0.6) is 5.75 Å². The number of primary amides is 2. The van der Waals surface area contributed by atoms with E-state index in [4.69, 9.17) is 22.3 Å². The fourth-order valence-corrected chi connectivity index (χ4v) is 4.72. The minimum absolute atomic E-state index is 0.144. The highest BCUT2D eigenvalue weighted by molar-refractivity contribution is 5.98. The van der Waals surface area contributed by atoms with Crippen LogP contribution < -0.4 is 49.1 Å². The quantitative estimate of drug-likeness (QED) is 0.0436. The SMILES string of the molecule is C[C@@H](O)[C@H](NC(=O)[C@@H](CO)NC(=O)[C@H](CCC(N)=O)NC(=O)[C@H](CO)NC(=O)[C@@H](CC(N)=O)NC(=O)[C@@H](Cc1ccc(O)cc1)NC(=O)[C@@H](N)CC(=O)O)C(=O)O. The van der Waals surface area contributed by atoms with Crippen LogP contribution in [0.15, 0.2) is 24.3 Å². The number of rotatable bonds is 25. The van der Waals surface area contributed by atoms with E-state index in [1.807, 2.05) is 16.0 Å². The van der Waals surface area contributed by atoms with Crippen LogP contribution in [0.4, 0.5) is 0 Å². The number of carbonyl (C=O) groups is 10. The van der Waals surface area contributed by atoms with Crippen LogP contribution in [0.25, 0.3) is 0 Å². The van der Waals surface area contributed by atoms with E-state index in [0.717, 1.165) is 6.92 Å². The fourth-order valence-electron chi connectivity index (χ4n) is 4.72. The maximum absolute atomic E-state index is 13.5. The van der Waals surface area contributed by atoms with Crippen molar-refractivity contribution in [1.82, 2.24) is 31.9 Å². The third-order valence-electron chi connectivity index (χ3n) is 7.77. The van der Waals surface area contributed by atoms with Gasteiger partial charge >= 0.3 is 11.9 Å². The second kappa shape index (κ2) is 23.5. The molecule has 25 heteroatoms. The first-order chi connectivity index (χ1) is 26.6. The molecule has 18 N–H and O–H groups in total. The number of carbonyl (C=O) groups excluding carboxylic acids is 8. The lowest BCUT2D eigenvalue weighted by Crippen LogP contribution is -2.61. The molecule has 0 saturated heterocycles. The van der Waals surface area contributed by atoms with Gasteiger partial charge in [0.2, 0.25) is 47.3 Å². The number of carboxylic acids is 2. The summed E-state index contributed by atoms with van der Waals surface area (Å²) in [6.07, 6.45) is -4.76. The van der Waals surface area contributed by atoms with Crippen molar-refractivity contribution < 1.29 is 78.6 Å². The smallest absolute Gasteiger partial charge is 0.328 e. The summed E-state index contributed by atoms with van der Waals surface area (Å²) in [6, 6.07) is -7.25. The molecule has 0 aromatic heterocycles. The summed E-state index contributed by atoms with van der Waals surface area (Å²) >= 11 is 0. The summed E-state index contributed by atoms with van der Waals surface area (Å²) in [5.41, 5.74) is 16.4. The number of phenolic OH excluding ortho intramolecular Hbond substituents is 1. The van der Waals surface area contributed by atoms with E-state index in [9.17, 15) is 73.5 Å². The highest BCUT2D eigenvalue weighted by Gasteiger charge is 2.35. The molecule has 0 heterocycles. The lowest BCUT2D eigenvalue weighted by Gasteiger charge is -2.26. The number of hydrogen-bond acceptors (Lipinski definition) is 15. The maximum atomic E-state index is 13.5. The second-order valence-electron chi connectivity index (χ2n) is 12.5. The largest absolute Gasteiger partial charge is 0.508 e. The molecule has 0 bridgehead atoms. The highest BCUT2D eigenvalue weighted by Crippen LogP contribution is 2.12. The van der Waals surface area contributed by atoms with Gasteiger partial charge in [0, 0.05) is 12.8 Å². The average Bonchev–Trinajstić information content (AvgIpc) is 3.12. The molecule has 0 saturated carbocycles. The Kier molecular flexibility index (Phi) is 20.0. The highest BCUT2D eigenvalue weighted by atomic mass is 16.4. The van der Waals surface area contributed by atoms with Crippen LogP contribution in [-0.4, -0.2) is 151 Å². The van der Waals surface area contributed by atoms with Crippen molar-refractivity contribution in [2.45, 2.75) is 87.4 Å². The molecule has 8 amide bonds. The van der Waals surface area contributed by atoms with Gasteiger partial charge in [-0.1, -0.05) is 12.1 Å². The number of phenols is 1. The van der Waals surface area contributed by atoms with E-state index in [-0.39, 0.29) is 12.2 Å². The molecule has 25 nitrogen and oxygen atoms in total. The van der Waals surface area contributed by atoms with Crippen LogP contribution >= 0.6 is 0 Å². The van der Waals surface area contributed by atoms with Crippen LogP contribution in [0, 0.1) is 0 Å². The fraction of sp³-hybridized carbons (Fsp3) is 0.500. The van der Waals surface area contributed by atoms with Gasteiger partial charge in [-0.2, -0.15) is 0 Å². The van der Waals surface area contributed by atoms with Crippen LogP contribution in [-0.2, 0) is 54.4 Å². The number of aromatic hydroxyl groups is 1. The number of nitrogens with one attached hydrogen (secondary N) is 6. The molecule has 1 aromatic rings. The van der Waals surface area contributed by atoms with Crippen LogP contribution in [0.2, 0.25) is 0 Å². The normalized spacial score (nSPS) is 15.0. The van der Waals surface area contributed by atoms with Gasteiger partial charge in [-0.3, -0.25) is 43.2 Å². The van der Waals surface area contributed by atoms with E-state index in [2.05, 4.69) is 16.0 Å². The Morgan fingerprint density at radius 1 is 0.614 bits per heavy atom. The number of nitrogens with two attached hydrogens (primary N) is 3. The van der Waals surface area contributed by atoms with Crippen LogP contribution in [0.1, 0.15) is 38.2 Å². The summed E-state index contributed by atoms with van der Waals surface area (Å²) in [4.78, 5) is 124. The van der Waals surface area contributed by atoms with Crippen molar-refractivity contribution in [3.8, 4) is 5.75 Å². The molecule has 0 aliphatic carbocycles. The minimum atomic E-state index is -1.95. The lowest BCUT2D eigenvalue weighted by atomic mass is 10.0. The summed E-state index contributed by atoms with van der Waals surface area (Å²) < 4.78 is 0. The Morgan fingerprint density at radius 3 is 1.51 bits per heavy atom. The molecule has 0 fully saturated rings. The predicted octanol–water partition coefficient (Wildman–Crippen LogP) is -7.76. The maximum Gasteiger partial charge on any atom is 0.328 e.